The van der Waals surface area contributed by atoms with E-state index in [2.05, 4.69) is 20.9 Å². The highest BCUT2D eigenvalue weighted by Gasteiger charge is 2.13. The molecule has 1 aromatic rings. The van der Waals surface area contributed by atoms with E-state index in [1.807, 2.05) is 33.9 Å². The second-order valence-electron chi connectivity index (χ2n) is 4.86. The van der Waals surface area contributed by atoms with Crippen LogP contribution >= 0.6 is 0 Å². The van der Waals surface area contributed by atoms with Crippen molar-refractivity contribution < 1.29 is 4.79 Å². The average molecular weight is 236 g/mol. The van der Waals surface area contributed by atoms with Crippen LogP contribution in [0.4, 0.5) is 11.4 Å². The topological polar surface area (TPSA) is 66.0 Å². The van der Waals surface area contributed by atoms with E-state index in [-0.39, 0.29) is 18.0 Å². The highest BCUT2D eigenvalue weighted by Crippen LogP contribution is 2.11. The number of aromatic nitrogens is 1. The van der Waals surface area contributed by atoms with E-state index >= 15 is 0 Å². The fourth-order valence-corrected chi connectivity index (χ4v) is 1.32. The number of hydrogen-bond acceptors (Lipinski definition) is 4. The summed E-state index contributed by atoms with van der Waals surface area (Å²) in [5.74, 6) is -0.0349. The fourth-order valence-electron chi connectivity index (χ4n) is 1.32. The van der Waals surface area contributed by atoms with Crippen molar-refractivity contribution in [2.75, 3.05) is 24.2 Å². The van der Waals surface area contributed by atoms with Crippen LogP contribution in [0.3, 0.4) is 0 Å². The molecule has 0 fully saturated rings. The van der Waals surface area contributed by atoms with Gasteiger partial charge in [0, 0.05) is 12.6 Å². The molecule has 0 unspecified atom stereocenters. The van der Waals surface area contributed by atoms with Gasteiger partial charge in [-0.05, 0) is 26.8 Å². The van der Waals surface area contributed by atoms with Gasteiger partial charge < -0.3 is 16.0 Å². The molecule has 0 saturated heterocycles. The van der Waals surface area contributed by atoms with Crippen LogP contribution in [0, 0.1) is 0 Å². The number of amides is 1. The number of nitrogens with zero attached hydrogens (tertiary/aromatic N) is 1. The first-order chi connectivity index (χ1) is 7.90. The molecular weight excluding hydrogens is 216 g/mol. The first-order valence-corrected chi connectivity index (χ1v) is 5.58. The van der Waals surface area contributed by atoms with Crippen LogP contribution in [0.15, 0.2) is 18.5 Å². The standard InChI is InChI=1S/C12H20N4O/c1-12(2,3)16-11(17)8-15-10-5-9(13-4)6-14-7-10/h5-7,13,15H,8H2,1-4H3,(H,16,17). The van der Waals surface area contributed by atoms with Crippen LogP contribution in [0.2, 0.25) is 0 Å². The molecule has 1 aromatic heterocycles. The third kappa shape index (κ3) is 5.19. The van der Waals surface area contributed by atoms with Gasteiger partial charge in [0.05, 0.1) is 30.3 Å². The van der Waals surface area contributed by atoms with E-state index in [9.17, 15) is 4.79 Å². The molecule has 0 atom stereocenters. The molecule has 0 aliphatic carbocycles. The normalized spacial score (nSPS) is 10.8. The zero-order chi connectivity index (χ0) is 12.9. The van der Waals surface area contributed by atoms with E-state index in [0.717, 1.165) is 11.4 Å². The van der Waals surface area contributed by atoms with Crippen LogP contribution in [-0.4, -0.2) is 30.0 Å². The molecule has 0 aromatic carbocycles. The van der Waals surface area contributed by atoms with Crippen molar-refractivity contribution in [3.63, 3.8) is 0 Å². The van der Waals surface area contributed by atoms with E-state index in [4.69, 9.17) is 0 Å². The lowest BCUT2D eigenvalue weighted by Gasteiger charge is -2.20. The molecule has 1 rings (SSSR count). The smallest absolute Gasteiger partial charge is 0.239 e. The minimum atomic E-state index is -0.205. The number of pyridine rings is 1. The lowest BCUT2D eigenvalue weighted by atomic mass is 10.1. The zero-order valence-corrected chi connectivity index (χ0v) is 10.8. The van der Waals surface area contributed by atoms with Crippen LogP contribution in [0.1, 0.15) is 20.8 Å². The van der Waals surface area contributed by atoms with Crippen LogP contribution in [-0.2, 0) is 4.79 Å². The SMILES string of the molecule is CNc1cncc(NCC(=O)NC(C)(C)C)c1. The summed E-state index contributed by atoms with van der Waals surface area (Å²) in [5.41, 5.74) is 1.52. The van der Waals surface area contributed by atoms with E-state index in [1.54, 1.807) is 12.4 Å². The Kier molecular flexibility index (Phi) is 4.31. The molecular formula is C12H20N4O. The van der Waals surface area contributed by atoms with Crippen molar-refractivity contribution in [2.45, 2.75) is 26.3 Å². The Morgan fingerprint density at radius 3 is 2.53 bits per heavy atom. The number of anilines is 2. The van der Waals surface area contributed by atoms with Crippen LogP contribution in [0.25, 0.3) is 0 Å². The first-order valence-electron chi connectivity index (χ1n) is 5.58. The van der Waals surface area contributed by atoms with Gasteiger partial charge in [-0.2, -0.15) is 0 Å². The van der Waals surface area contributed by atoms with Crippen molar-refractivity contribution in [1.82, 2.24) is 10.3 Å². The molecule has 5 nitrogen and oxygen atoms in total. The monoisotopic (exact) mass is 236 g/mol. The molecule has 3 N–H and O–H groups in total. The molecule has 0 saturated carbocycles. The molecule has 0 aliphatic rings. The molecule has 17 heavy (non-hydrogen) atoms. The highest BCUT2D eigenvalue weighted by molar-refractivity contribution is 5.81. The van der Waals surface area contributed by atoms with E-state index < -0.39 is 0 Å². The van der Waals surface area contributed by atoms with Crippen molar-refractivity contribution in [1.29, 1.82) is 0 Å². The van der Waals surface area contributed by atoms with Crippen molar-refractivity contribution in [3.05, 3.63) is 18.5 Å². The maximum Gasteiger partial charge on any atom is 0.239 e. The zero-order valence-electron chi connectivity index (χ0n) is 10.8. The minimum absolute atomic E-state index is 0.0349. The number of nitrogens with one attached hydrogen (secondary N) is 3. The number of carbonyl (C=O) groups is 1. The van der Waals surface area contributed by atoms with Gasteiger partial charge in [0.1, 0.15) is 0 Å². The molecule has 0 radical (unpaired) electrons. The van der Waals surface area contributed by atoms with Crippen LogP contribution < -0.4 is 16.0 Å². The van der Waals surface area contributed by atoms with Crippen molar-refractivity contribution >= 4 is 17.3 Å². The molecule has 0 spiro atoms. The van der Waals surface area contributed by atoms with Gasteiger partial charge in [0.15, 0.2) is 0 Å². The maximum absolute atomic E-state index is 11.6. The predicted molar refractivity (Wildman–Crippen MR) is 70.2 cm³/mol. The Bertz CT molecular complexity index is 384. The van der Waals surface area contributed by atoms with Gasteiger partial charge in [-0.1, -0.05) is 0 Å². The predicted octanol–water partition coefficient (Wildman–Crippen LogP) is 1.45. The molecule has 0 bridgehead atoms. The summed E-state index contributed by atoms with van der Waals surface area (Å²) in [6.07, 6.45) is 3.41. The Balaban J connectivity index is 2.47. The molecule has 94 valence electrons. The third-order valence-corrected chi connectivity index (χ3v) is 1.99. The number of hydrogen-bond donors (Lipinski definition) is 3. The van der Waals surface area contributed by atoms with Gasteiger partial charge in [-0.3, -0.25) is 9.78 Å². The summed E-state index contributed by atoms with van der Waals surface area (Å²) in [6, 6.07) is 1.90. The summed E-state index contributed by atoms with van der Waals surface area (Å²) in [7, 11) is 1.83. The molecule has 0 aliphatic heterocycles. The average Bonchev–Trinajstić information content (AvgIpc) is 2.24. The first kappa shape index (κ1) is 13.3. The summed E-state index contributed by atoms with van der Waals surface area (Å²) < 4.78 is 0. The number of carbonyl (C=O) groups excluding carboxylic acids is 1. The molecule has 1 amide bonds. The van der Waals surface area contributed by atoms with Gasteiger partial charge in [-0.25, -0.2) is 0 Å². The van der Waals surface area contributed by atoms with Crippen molar-refractivity contribution in [3.8, 4) is 0 Å². The fraction of sp³-hybridized carbons (Fsp3) is 0.500. The summed E-state index contributed by atoms with van der Waals surface area (Å²) >= 11 is 0. The lowest BCUT2D eigenvalue weighted by molar-refractivity contribution is -0.120. The Labute approximate surface area is 102 Å². The summed E-state index contributed by atoms with van der Waals surface area (Å²) in [5, 5.41) is 8.90. The second kappa shape index (κ2) is 5.52. The molecule has 5 heteroatoms. The summed E-state index contributed by atoms with van der Waals surface area (Å²) in [4.78, 5) is 15.6. The van der Waals surface area contributed by atoms with Gasteiger partial charge in [-0.15, -0.1) is 0 Å². The quantitative estimate of drug-likeness (QED) is 0.740. The van der Waals surface area contributed by atoms with Gasteiger partial charge >= 0.3 is 0 Å². The number of rotatable bonds is 4. The Morgan fingerprint density at radius 2 is 1.94 bits per heavy atom. The second-order valence-corrected chi connectivity index (χ2v) is 4.86. The van der Waals surface area contributed by atoms with E-state index in [1.165, 1.54) is 0 Å². The Morgan fingerprint density at radius 1 is 1.29 bits per heavy atom. The van der Waals surface area contributed by atoms with Gasteiger partial charge in [0.25, 0.3) is 0 Å². The minimum Gasteiger partial charge on any atom is -0.387 e. The summed E-state index contributed by atoms with van der Waals surface area (Å²) in [6.45, 7) is 6.10. The maximum atomic E-state index is 11.6. The third-order valence-electron chi connectivity index (χ3n) is 1.99. The Hall–Kier alpha value is -1.78. The van der Waals surface area contributed by atoms with E-state index in [0.29, 0.717) is 0 Å². The van der Waals surface area contributed by atoms with Gasteiger partial charge in [0.2, 0.25) is 5.91 Å². The largest absolute Gasteiger partial charge is 0.387 e. The highest BCUT2D eigenvalue weighted by atomic mass is 16.2. The molecule has 1 heterocycles. The van der Waals surface area contributed by atoms with Crippen LogP contribution in [0.5, 0.6) is 0 Å². The van der Waals surface area contributed by atoms with Crippen molar-refractivity contribution in [2.24, 2.45) is 0 Å². The lowest BCUT2D eigenvalue weighted by Crippen LogP contribution is -2.43.